The lowest BCUT2D eigenvalue weighted by Gasteiger charge is -2.18. The average Bonchev–Trinajstić information content (AvgIpc) is 3.18. The van der Waals surface area contributed by atoms with Gasteiger partial charge in [0, 0.05) is 11.1 Å². The Morgan fingerprint density at radius 2 is 1.66 bits per heavy atom. The molecule has 0 bridgehead atoms. The first-order chi connectivity index (χ1) is 14.9. The van der Waals surface area contributed by atoms with Crippen molar-refractivity contribution in [3.63, 3.8) is 0 Å². The smallest absolute Gasteiger partial charge is 0.296 e. The summed E-state index contributed by atoms with van der Waals surface area (Å²) >= 11 is 2.13. The van der Waals surface area contributed by atoms with Crippen LogP contribution in [0.25, 0.3) is 0 Å². The number of carbonyl (C=O) groups is 2. The fourth-order valence-corrected chi connectivity index (χ4v) is 4.33. The summed E-state index contributed by atoms with van der Waals surface area (Å²) in [5.74, 6) is -0.892. The first-order valence-corrected chi connectivity index (χ1v) is 11.3. The maximum atomic E-state index is 12.8. The summed E-state index contributed by atoms with van der Waals surface area (Å²) in [6, 6.07) is 11.6. The van der Waals surface area contributed by atoms with E-state index >= 15 is 0 Å². The van der Waals surface area contributed by atoms with Crippen LogP contribution in [-0.2, 0) is 11.6 Å². The maximum Gasteiger partial charge on any atom is 0.416 e. The third-order valence-corrected chi connectivity index (χ3v) is 6.45. The number of ketones is 1. The van der Waals surface area contributed by atoms with Crippen LogP contribution in [0.1, 0.15) is 52.6 Å². The molecule has 0 fully saturated rings. The van der Waals surface area contributed by atoms with Gasteiger partial charge in [0.2, 0.25) is 5.13 Å². The number of hydrogen-bond acceptors (Lipinski definition) is 6. The Morgan fingerprint density at radius 1 is 0.969 bits per heavy atom. The van der Waals surface area contributed by atoms with Gasteiger partial charge in [0.05, 0.1) is 11.3 Å². The number of amides is 1. The van der Waals surface area contributed by atoms with Crippen LogP contribution in [0.3, 0.4) is 0 Å². The van der Waals surface area contributed by atoms with Crippen molar-refractivity contribution in [2.24, 2.45) is 0 Å². The van der Waals surface area contributed by atoms with E-state index in [2.05, 4.69) is 36.3 Å². The molecule has 0 aliphatic heterocycles. The van der Waals surface area contributed by atoms with E-state index in [9.17, 15) is 22.8 Å². The van der Waals surface area contributed by atoms with E-state index in [0.29, 0.717) is 9.90 Å². The number of aromatic nitrogens is 2. The van der Waals surface area contributed by atoms with E-state index in [-0.39, 0.29) is 27.8 Å². The zero-order chi connectivity index (χ0) is 23.5. The molecule has 1 aromatic heterocycles. The second-order valence-corrected chi connectivity index (χ2v) is 10.1. The van der Waals surface area contributed by atoms with Crippen molar-refractivity contribution in [2.75, 3.05) is 11.1 Å². The molecule has 0 radical (unpaired) electrons. The Balaban J connectivity index is 1.58. The van der Waals surface area contributed by atoms with Gasteiger partial charge in [0.1, 0.15) is 0 Å². The van der Waals surface area contributed by atoms with Crippen LogP contribution < -0.4 is 5.32 Å². The molecular weight excluding hydrogens is 459 g/mol. The lowest BCUT2D eigenvalue weighted by molar-refractivity contribution is -0.137. The Morgan fingerprint density at radius 3 is 2.28 bits per heavy atom. The molecule has 168 valence electrons. The highest BCUT2D eigenvalue weighted by Gasteiger charge is 2.30. The largest absolute Gasteiger partial charge is 0.416 e. The van der Waals surface area contributed by atoms with Crippen molar-refractivity contribution < 1.29 is 22.8 Å². The number of Topliss-reactive ketones (excluding diaryl/α,β-unsaturated/α-hetero) is 1. The molecule has 0 atom stereocenters. The topological polar surface area (TPSA) is 72.0 Å². The van der Waals surface area contributed by atoms with Crippen molar-refractivity contribution >= 4 is 39.9 Å². The van der Waals surface area contributed by atoms with Crippen LogP contribution in [0.5, 0.6) is 0 Å². The van der Waals surface area contributed by atoms with Gasteiger partial charge >= 0.3 is 6.18 Å². The van der Waals surface area contributed by atoms with Gasteiger partial charge in [-0.1, -0.05) is 68.1 Å². The molecule has 10 heteroatoms. The fourth-order valence-electron chi connectivity index (χ4n) is 2.69. The molecule has 0 saturated heterocycles. The third-order valence-electron chi connectivity index (χ3n) is 4.48. The van der Waals surface area contributed by atoms with Crippen LogP contribution in [0.2, 0.25) is 0 Å². The van der Waals surface area contributed by atoms with Gasteiger partial charge in [-0.2, -0.15) is 13.2 Å². The first-order valence-electron chi connectivity index (χ1n) is 9.52. The summed E-state index contributed by atoms with van der Waals surface area (Å²) in [6.45, 7) is 6.25. The number of alkyl halides is 3. The normalized spacial score (nSPS) is 11.9. The Kier molecular flexibility index (Phi) is 7.04. The fraction of sp³-hybridized carbons (Fsp3) is 0.273. The molecule has 3 aromatic rings. The molecule has 0 unspecified atom stereocenters. The van der Waals surface area contributed by atoms with Crippen LogP contribution >= 0.6 is 23.1 Å². The highest BCUT2D eigenvalue weighted by atomic mass is 32.2. The molecule has 1 heterocycles. The van der Waals surface area contributed by atoms with E-state index < -0.39 is 17.5 Å². The van der Waals surface area contributed by atoms with Crippen molar-refractivity contribution in [3.05, 3.63) is 70.8 Å². The molecular formula is C22H20F3N3O2S2. The molecule has 1 N–H and O–H groups in total. The summed E-state index contributed by atoms with van der Waals surface area (Å²) < 4.78 is 38.9. The van der Waals surface area contributed by atoms with Crippen molar-refractivity contribution in [3.8, 4) is 0 Å². The average molecular weight is 480 g/mol. The van der Waals surface area contributed by atoms with Gasteiger partial charge in [-0.25, -0.2) is 0 Å². The Hall–Kier alpha value is -2.72. The lowest BCUT2D eigenvalue weighted by atomic mass is 9.87. The van der Waals surface area contributed by atoms with E-state index in [1.54, 1.807) is 12.1 Å². The SMILES string of the molecule is CC(C)(C)c1ccc(C(=O)Nc2nnc(SCC(=O)c3cccc(C(F)(F)F)c3)s2)cc1. The monoisotopic (exact) mass is 479 g/mol. The van der Waals surface area contributed by atoms with Crippen molar-refractivity contribution in [1.82, 2.24) is 10.2 Å². The number of anilines is 1. The Bertz CT molecular complexity index is 1120. The van der Waals surface area contributed by atoms with Crippen LogP contribution in [0, 0.1) is 0 Å². The third kappa shape index (κ3) is 6.17. The quantitative estimate of drug-likeness (QED) is 0.263. The lowest BCUT2D eigenvalue weighted by Crippen LogP contribution is -2.14. The predicted octanol–water partition coefficient (Wildman–Crippen LogP) is 6.08. The van der Waals surface area contributed by atoms with Crippen molar-refractivity contribution in [2.45, 2.75) is 36.7 Å². The molecule has 32 heavy (non-hydrogen) atoms. The summed E-state index contributed by atoms with van der Waals surface area (Å²) in [4.78, 5) is 24.7. The predicted molar refractivity (Wildman–Crippen MR) is 120 cm³/mol. The maximum absolute atomic E-state index is 12.8. The van der Waals surface area contributed by atoms with Gasteiger partial charge in [-0.15, -0.1) is 10.2 Å². The summed E-state index contributed by atoms with van der Waals surface area (Å²) in [7, 11) is 0. The molecule has 0 spiro atoms. The molecule has 1 amide bonds. The number of carbonyl (C=O) groups excluding carboxylic acids is 2. The van der Waals surface area contributed by atoms with E-state index in [1.807, 2.05) is 12.1 Å². The van der Waals surface area contributed by atoms with Crippen molar-refractivity contribution in [1.29, 1.82) is 0 Å². The number of halogens is 3. The molecule has 0 aliphatic rings. The standard InChI is InChI=1S/C22H20F3N3O2S2/c1-21(2,3)15-9-7-13(8-10-15)18(30)26-19-27-28-20(32-19)31-12-17(29)14-5-4-6-16(11-14)22(23,24)25/h4-11H,12H2,1-3H3,(H,26,27,30). The number of rotatable bonds is 6. The zero-order valence-corrected chi connectivity index (χ0v) is 19.1. The molecule has 2 aromatic carbocycles. The molecule has 5 nitrogen and oxygen atoms in total. The van der Waals surface area contributed by atoms with Gasteiger partial charge in [-0.05, 0) is 35.2 Å². The van der Waals surface area contributed by atoms with Crippen LogP contribution in [0.4, 0.5) is 18.3 Å². The molecule has 0 aliphatic carbocycles. The summed E-state index contributed by atoms with van der Waals surface area (Å²) in [5.41, 5.74) is 0.663. The highest BCUT2D eigenvalue weighted by Crippen LogP contribution is 2.31. The van der Waals surface area contributed by atoms with E-state index in [0.717, 1.165) is 40.8 Å². The highest BCUT2D eigenvalue weighted by molar-refractivity contribution is 8.01. The molecule has 3 rings (SSSR count). The molecule has 0 saturated carbocycles. The zero-order valence-electron chi connectivity index (χ0n) is 17.5. The summed E-state index contributed by atoms with van der Waals surface area (Å²) in [6.07, 6.45) is -4.51. The number of nitrogens with zero attached hydrogens (tertiary/aromatic N) is 2. The van der Waals surface area contributed by atoms with E-state index in [1.165, 1.54) is 12.1 Å². The summed E-state index contributed by atoms with van der Waals surface area (Å²) in [5, 5.41) is 10.7. The second-order valence-electron chi connectivity index (χ2n) is 7.95. The van der Waals surface area contributed by atoms with Gasteiger partial charge in [0.25, 0.3) is 5.91 Å². The van der Waals surface area contributed by atoms with E-state index in [4.69, 9.17) is 0 Å². The first kappa shape index (κ1) is 23.9. The van der Waals surface area contributed by atoms with Crippen LogP contribution in [0.15, 0.2) is 52.9 Å². The van der Waals surface area contributed by atoms with Gasteiger partial charge in [0.15, 0.2) is 10.1 Å². The minimum atomic E-state index is -4.51. The minimum Gasteiger partial charge on any atom is -0.296 e. The number of thioether (sulfide) groups is 1. The minimum absolute atomic E-state index is 0.0220. The second kappa shape index (κ2) is 9.41. The number of nitrogens with one attached hydrogen (secondary N) is 1. The van der Waals surface area contributed by atoms with Gasteiger partial charge in [-0.3, -0.25) is 14.9 Å². The van der Waals surface area contributed by atoms with Crippen LogP contribution in [-0.4, -0.2) is 27.6 Å². The number of hydrogen-bond donors (Lipinski definition) is 1. The Labute approximate surface area is 191 Å². The number of benzene rings is 2. The van der Waals surface area contributed by atoms with Gasteiger partial charge < -0.3 is 0 Å².